The number of nitrogens with zero attached hydrogens (tertiary/aromatic N) is 2. The number of nitrogens with two attached hydrogens (primary N) is 1. The van der Waals surface area contributed by atoms with Crippen molar-refractivity contribution in [3.8, 4) is 5.75 Å². The van der Waals surface area contributed by atoms with Gasteiger partial charge >= 0.3 is 0 Å². The molecule has 21 heavy (non-hydrogen) atoms. The molecule has 110 valence electrons. The molecule has 0 aliphatic carbocycles. The lowest BCUT2D eigenvalue weighted by atomic mass is 10.2. The average molecular weight is 400 g/mol. The van der Waals surface area contributed by atoms with Crippen LogP contribution in [0.4, 0.5) is 10.2 Å². The summed E-state index contributed by atoms with van der Waals surface area (Å²) >= 11 is 2.16. The largest absolute Gasteiger partial charge is 0.496 e. The normalized spacial score (nSPS) is 11.3. The molecule has 0 unspecified atom stereocenters. The maximum absolute atomic E-state index is 13.7. The molecule has 0 saturated carbocycles. The Kier molecular flexibility index (Phi) is 5.32. The molecule has 0 amide bonds. The Labute approximate surface area is 135 Å². The number of rotatable bonds is 4. The van der Waals surface area contributed by atoms with E-state index in [0.717, 1.165) is 3.57 Å². The molecule has 0 fully saturated rings. The summed E-state index contributed by atoms with van der Waals surface area (Å²) in [4.78, 5) is 8.25. The predicted molar refractivity (Wildman–Crippen MR) is 88.9 cm³/mol. The van der Waals surface area contributed by atoms with Gasteiger partial charge in [0, 0.05) is 9.77 Å². The van der Waals surface area contributed by atoms with Crippen molar-refractivity contribution in [2.24, 2.45) is 10.7 Å². The topological polar surface area (TPSA) is 72.5 Å². The highest BCUT2D eigenvalue weighted by Gasteiger charge is 2.08. The van der Waals surface area contributed by atoms with Gasteiger partial charge in [0.2, 0.25) is 0 Å². The maximum atomic E-state index is 13.7. The Morgan fingerprint density at radius 1 is 1.43 bits per heavy atom. The minimum atomic E-state index is -0.377. The first-order valence-electron chi connectivity index (χ1n) is 6.10. The summed E-state index contributed by atoms with van der Waals surface area (Å²) in [7, 11) is 1.49. The molecule has 0 saturated heterocycles. The second-order valence-electron chi connectivity index (χ2n) is 4.11. The van der Waals surface area contributed by atoms with Crippen molar-refractivity contribution < 1.29 is 9.13 Å². The highest BCUT2D eigenvalue weighted by molar-refractivity contribution is 14.1. The van der Waals surface area contributed by atoms with Crippen molar-refractivity contribution in [2.75, 3.05) is 12.4 Å². The van der Waals surface area contributed by atoms with E-state index in [1.807, 2.05) is 6.07 Å². The fraction of sp³-hybridized carbons (Fsp3) is 0.143. The number of guanidine groups is 1. The van der Waals surface area contributed by atoms with Crippen molar-refractivity contribution in [1.29, 1.82) is 0 Å². The first kappa shape index (κ1) is 15.5. The van der Waals surface area contributed by atoms with Crippen molar-refractivity contribution in [3.05, 3.63) is 51.5 Å². The zero-order valence-electron chi connectivity index (χ0n) is 11.3. The molecule has 3 N–H and O–H groups in total. The van der Waals surface area contributed by atoms with E-state index in [-0.39, 0.29) is 18.3 Å². The average Bonchev–Trinajstić information content (AvgIpc) is 2.48. The second kappa shape index (κ2) is 7.21. The number of aromatic nitrogens is 1. The number of benzene rings is 1. The number of ether oxygens (including phenoxy) is 1. The van der Waals surface area contributed by atoms with Gasteiger partial charge in [0.15, 0.2) is 5.96 Å². The van der Waals surface area contributed by atoms with Crippen LogP contribution < -0.4 is 15.8 Å². The Bertz CT molecular complexity index is 646. The van der Waals surface area contributed by atoms with E-state index in [1.165, 1.54) is 13.2 Å². The van der Waals surface area contributed by atoms with Crippen LogP contribution in [0.15, 0.2) is 41.5 Å². The quantitative estimate of drug-likeness (QED) is 0.471. The highest BCUT2D eigenvalue weighted by Crippen LogP contribution is 2.21. The number of hydrogen-bond donors (Lipinski definition) is 2. The van der Waals surface area contributed by atoms with Crippen LogP contribution in [0, 0.1) is 9.39 Å². The molecule has 1 heterocycles. The molecule has 2 aromatic rings. The minimum Gasteiger partial charge on any atom is -0.496 e. The van der Waals surface area contributed by atoms with Crippen LogP contribution in [0.5, 0.6) is 5.75 Å². The minimum absolute atomic E-state index is 0.0824. The molecule has 0 bridgehead atoms. The summed E-state index contributed by atoms with van der Waals surface area (Å²) in [6, 6.07) is 8.30. The molecule has 0 atom stereocenters. The van der Waals surface area contributed by atoms with Crippen LogP contribution in [0.1, 0.15) is 5.56 Å². The Morgan fingerprint density at radius 2 is 2.24 bits per heavy atom. The summed E-state index contributed by atoms with van der Waals surface area (Å²) in [5, 5.41) is 2.85. The third kappa shape index (κ3) is 4.28. The number of halogens is 2. The number of anilines is 1. The monoisotopic (exact) mass is 400 g/mol. The molecular weight excluding hydrogens is 386 g/mol. The van der Waals surface area contributed by atoms with Crippen LogP contribution in [0.25, 0.3) is 0 Å². The molecule has 1 aromatic carbocycles. The fourth-order valence-electron chi connectivity index (χ4n) is 1.67. The van der Waals surface area contributed by atoms with Gasteiger partial charge in [-0.2, -0.15) is 0 Å². The molecule has 0 aliphatic rings. The van der Waals surface area contributed by atoms with Crippen LogP contribution in [0.3, 0.4) is 0 Å². The third-order valence-corrected chi connectivity index (χ3v) is 3.32. The van der Waals surface area contributed by atoms with E-state index in [4.69, 9.17) is 10.5 Å². The lowest BCUT2D eigenvalue weighted by molar-refractivity contribution is 0.405. The van der Waals surface area contributed by atoms with Gasteiger partial charge in [-0.1, -0.05) is 6.07 Å². The second-order valence-corrected chi connectivity index (χ2v) is 5.35. The molecule has 1 aromatic heterocycles. The van der Waals surface area contributed by atoms with Crippen LogP contribution in [0.2, 0.25) is 0 Å². The lowest BCUT2D eigenvalue weighted by Crippen LogP contribution is -2.23. The maximum Gasteiger partial charge on any atom is 0.194 e. The van der Waals surface area contributed by atoms with Crippen LogP contribution in [-0.4, -0.2) is 18.1 Å². The molecule has 5 nitrogen and oxygen atoms in total. The van der Waals surface area contributed by atoms with Gasteiger partial charge in [-0.05, 0) is 46.9 Å². The smallest absolute Gasteiger partial charge is 0.194 e. The summed E-state index contributed by atoms with van der Waals surface area (Å²) in [6.07, 6.45) is 1.70. The van der Waals surface area contributed by atoms with E-state index in [0.29, 0.717) is 17.1 Å². The van der Waals surface area contributed by atoms with Crippen molar-refractivity contribution in [3.63, 3.8) is 0 Å². The number of hydrogen-bond acceptors (Lipinski definition) is 3. The first-order chi connectivity index (χ1) is 10.1. The van der Waals surface area contributed by atoms with Crippen molar-refractivity contribution >= 4 is 34.4 Å². The number of aliphatic imine (C=N–C) groups is 1. The Balaban J connectivity index is 2.08. The molecule has 0 radical (unpaired) electrons. The number of methoxy groups -OCH3 is 1. The van der Waals surface area contributed by atoms with Gasteiger partial charge in [-0.15, -0.1) is 0 Å². The van der Waals surface area contributed by atoms with Crippen LogP contribution >= 0.6 is 22.6 Å². The Morgan fingerprint density at radius 3 is 2.90 bits per heavy atom. The van der Waals surface area contributed by atoms with Crippen molar-refractivity contribution in [1.82, 2.24) is 4.98 Å². The van der Waals surface area contributed by atoms with Gasteiger partial charge in [0.05, 0.1) is 19.2 Å². The van der Waals surface area contributed by atoms with Crippen molar-refractivity contribution in [2.45, 2.75) is 6.54 Å². The zero-order valence-corrected chi connectivity index (χ0v) is 13.5. The van der Waals surface area contributed by atoms with Gasteiger partial charge in [-0.25, -0.2) is 14.4 Å². The fourth-order valence-corrected chi connectivity index (χ4v) is 1.99. The van der Waals surface area contributed by atoms with E-state index >= 15 is 0 Å². The van der Waals surface area contributed by atoms with Crippen LogP contribution in [-0.2, 0) is 6.54 Å². The molecule has 0 spiro atoms. The summed E-state index contributed by atoms with van der Waals surface area (Å²) in [6.45, 7) is 0.0824. The molecule has 0 aliphatic heterocycles. The number of nitrogens with one attached hydrogen (secondary N) is 1. The SMILES string of the molecule is COc1cccc(F)c1CN=C(N)Nc1ccc(I)cn1. The van der Waals surface area contributed by atoms with Gasteiger partial charge < -0.3 is 15.8 Å². The summed E-state index contributed by atoms with van der Waals surface area (Å²) < 4.78 is 19.9. The predicted octanol–water partition coefficient (Wildman–Crippen LogP) is 2.76. The van der Waals surface area contributed by atoms with E-state index in [1.54, 1.807) is 24.4 Å². The molecular formula is C14H14FIN4O. The Hall–Kier alpha value is -1.90. The highest BCUT2D eigenvalue weighted by atomic mass is 127. The summed E-state index contributed by atoms with van der Waals surface area (Å²) in [5.41, 5.74) is 6.13. The number of pyridine rings is 1. The van der Waals surface area contributed by atoms with Gasteiger partial charge in [-0.3, -0.25) is 0 Å². The zero-order chi connectivity index (χ0) is 15.2. The van der Waals surface area contributed by atoms with E-state index in [2.05, 4.69) is 37.9 Å². The molecule has 7 heteroatoms. The summed E-state index contributed by atoms with van der Waals surface area (Å²) in [5.74, 6) is 0.809. The van der Waals surface area contributed by atoms with E-state index in [9.17, 15) is 4.39 Å². The first-order valence-corrected chi connectivity index (χ1v) is 7.18. The molecule has 2 rings (SSSR count). The third-order valence-electron chi connectivity index (χ3n) is 2.69. The van der Waals surface area contributed by atoms with Gasteiger partial charge in [0.1, 0.15) is 17.4 Å². The van der Waals surface area contributed by atoms with E-state index < -0.39 is 0 Å². The lowest BCUT2D eigenvalue weighted by Gasteiger charge is -2.08. The standard InChI is InChI=1S/C14H14FIN4O/c1-21-12-4-2-3-11(15)10(12)8-19-14(17)20-13-6-5-9(16)7-18-13/h2-7H,8H2,1H3,(H3,17,18,19,20). The van der Waals surface area contributed by atoms with Gasteiger partial charge in [0.25, 0.3) is 0 Å².